The molecule has 1 aliphatic carbocycles. The molecule has 6 nitrogen and oxygen atoms in total. The normalized spacial score (nSPS) is 22.5. The first-order chi connectivity index (χ1) is 15.6. The van der Waals surface area contributed by atoms with Gasteiger partial charge in [0.15, 0.2) is 0 Å². The summed E-state index contributed by atoms with van der Waals surface area (Å²) in [7, 11) is 0. The van der Waals surface area contributed by atoms with Gasteiger partial charge >= 0.3 is 0 Å². The first kappa shape index (κ1) is 21.1. The fraction of sp³-hybridized carbons (Fsp3) is 0.500. The molecule has 1 unspecified atom stereocenters. The molecule has 3 fully saturated rings. The average Bonchev–Trinajstić information content (AvgIpc) is 3.65. The minimum Gasteiger partial charge on any atom is -0.375 e. The van der Waals surface area contributed by atoms with Crippen molar-refractivity contribution in [2.45, 2.75) is 63.1 Å². The van der Waals surface area contributed by atoms with E-state index in [9.17, 15) is 9.59 Å². The van der Waals surface area contributed by atoms with Crippen LogP contribution in [0.15, 0.2) is 48.7 Å². The Balaban J connectivity index is 1.27. The number of ether oxygens (including phenoxy) is 1. The number of benzene rings is 1. The van der Waals surface area contributed by atoms with Gasteiger partial charge in [0.05, 0.1) is 11.2 Å². The minimum absolute atomic E-state index is 0.0525. The summed E-state index contributed by atoms with van der Waals surface area (Å²) < 4.78 is 6.34. The third-order valence-corrected chi connectivity index (χ3v) is 7.26. The Morgan fingerprint density at radius 2 is 1.78 bits per heavy atom. The Morgan fingerprint density at radius 3 is 2.47 bits per heavy atom. The number of aromatic nitrogens is 1. The summed E-state index contributed by atoms with van der Waals surface area (Å²) >= 11 is 0. The molecule has 2 saturated heterocycles. The van der Waals surface area contributed by atoms with Crippen molar-refractivity contribution in [2.75, 3.05) is 19.7 Å². The van der Waals surface area contributed by atoms with Crippen molar-refractivity contribution >= 4 is 11.8 Å². The highest BCUT2D eigenvalue weighted by atomic mass is 16.5. The van der Waals surface area contributed by atoms with Gasteiger partial charge in [-0.3, -0.25) is 14.6 Å². The SMILES string of the molecule is Cc1ncccc1C(=O)N1CCC2(CC1)CC(N(C(=O)c1ccccc1)C1CC1)CCO2. The third kappa shape index (κ3) is 4.16. The second-order valence-corrected chi connectivity index (χ2v) is 9.42. The van der Waals surface area contributed by atoms with Gasteiger partial charge in [0, 0.05) is 49.2 Å². The topological polar surface area (TPSA) is 62.7 Å². The Bertz CT molecular complexity index is 981. The first-order valence-electron chi connectivity index (χ1n) is 11.8. The van der Waals surface area contributed by atoms with E-state index in [1.165, 1.54) is 0 Å². The fourth-order valence-corrected chi connectivity index (χ4v) is 5.30. The predicted molar refractivity (Wildman–Crippen MR) is 121 cm³/mol. The molecule has 3 aliphatic rings. The van der Waals surface area contributed by atoms with E-state index in [-0.39, 0.29) is 23.5 Å². The van der Waals surface area contributed by atoms with Gasteiger partial charge in [0.2, 0.25) is 0 Å². The molecule has 1 aromatic heterocycles. The van der Waals surface area contributed by atoms with Crippen LogP contribution in [0, 0.1) is 6.92 Å². The molecule has 2 amide bonds. The molecule has 1 spiro atoms. The Morgan fingerprint density at radius 1 is 1.03 bits per heavy atom. The number of amides is 2. The summed E-state index contributed by atoms with van der Waals surface area (Å²) in [5, 5.41) is 0. The zero-order chi connectivity index (χ0) is 22.1. The van der Waals surface area contributed by atoms with Crippen LogP contribution < -0.4 is 0 Å². The van der Waals surface area contributed by atoms with E-state index in [0.717, 1.165) is 49.8 Å². The molecule has 0 radical (unpaired) electrons. The van der Waals surface area contributed by atoms with Crippen molar-refractivity contribution in [1.82, 2.24) is 14.8 Å². The molecule has 1 saturated carbocycles. The van der Waals surface area contributed by atoms with E-state index >= 15 is 0 Å². The van der Waals surface area contributed by atoms with E-state index in [2.05, 4.69) is 9.88 Å². The average molecular weight is 434 g/mol. The molecule has 32 heavy (non-hydrogen) atoms. The largest absolute Gasteiger partial charge is 0.375 e. The summed E-state index contributed by atoms with van der Waals surface area (Å²) in [5.41, 5.74) is 1.98. The maximum absolute atomic E-state index is 13.4. The van der Waals surface area contributed by atoms with E-state index < -0.39 is 0 Å². The number of hydrogen-bond donors (Lipinski definition) is 0. The lowest BCUT2D eigenvalue weighted by molar-refractivity contribution is -0.126. The lowest BCUT2D eigenvalue weighted by Gasteiger charge is -2.48. The van der Waals surface area contributed by atoms with Crippen LogP contribution in [-0.2, 0) is 4.74 Å². The van der Waals surface area contributed by atoms with Gasteiger partial charge in [-0.05, 0) is 69.7 Å². The first-order valence-corrected chi connectivity index (χ1v) is 11.8. The van der Waals surface area contributed by atoms with Crippen LogP contribution in [0.3, 0.4) is 0 Å². The molecule has 2 aliphatic heterocycles. The number of likely N-dealkylation sites (tertiary alicyclic amines) is 1. The number of rotatable bonds is 4. The summed E-state index contributed by atoms with van der Waals surface area (Å²) in [6.07, 6.45) is 7.27. The van der Waals surface area contributed by atoms with Gasteiger partial charge in [-0.15, -0.1) is 0 Å². The molecule has 0 bridgehead atoms. The van der Waals surface area contributed by atoms with Crippen molar-refractivity contribution in [2.24, 2.45) is 0 Å². The summed E-state index contributed by atoms with van der Waals surface area (Å²) in [5.74, 6) is 0.200. The second-order valence-electron chi connectivity index (χ2n) is 9.42. The molecule has 1 atom stereocenters. The molecule has 6 heteroatoms. The van der Waals surface area contributed by atoms with Gasteiger partial charge in [0.25, 0.3) is 11.8 Å². The number of pyridine rings is 1. The van der Waals surface area contributed by atoms with E-state index in [1.807, 2.05) is 54.3 Å². The van der Waals surface area contributed by atoms with Crippen LogP contribution in [0.2, 0.25) is 0 Å². The zero-order valence-electron chi connectivity index (χ0n) is 18.7. The van der Waals surface area contributed by atoms with Crippen LogP contribution in [-0.4, -0.2) is 64.0 Å². The number of piperidine rings is 1. The van der Waals surface area contributed by atoms with Crippen LogP contribution >= 0.6 is 0 Å². The fourth-order valence-electron chi connectivity index (χ4n) is 5.30. The Kier molecular flexibility index (Phi) is 5.72. The highest BCUT2D eigenvalue weighted by molar-refractivity contribution is 5.95. The van der Waals surface area contributed by atoms with Crippen molar-refractivity contribution < 1.29 is 14.3 Å². The second kappa shape index (κ2) is 8.66. The van der Waals surface area contributed by atoms with Crippen molar-refractivity contribution in [3.05, 3.63) is 65.5 Å². The van der Waals surface area contributed by atoms with E-state index in [0.29, 0.717) is 31.3 Å². The molecule has 1 aromatic carbocycles. The lowest BCUT2D eigenvalue weighted by Crippen LogP contribution is -2.55. The van der Waals surface area contributed by atoms with Gasteiger partial charge < -0.3 is 14.5 Å². The molecule has 5 rings (SSSR count). The minimum atomic E-state index is -0.242. The van der Waals surface area contributed by atoms with Gasteiger partial charge in [-0.1, -0.05) is 18.2 Å². The zero-order valence-corrected chi connectivity index (χ0v) is 18.7. The number of hydrogen-bond acceptors (Lipinski definition) is 4. The summed E-state index contributed by atoms with van der Waals surface area (Å²) in [6, 6.07) is 13.9. The maximum atomic E-state index is 13.4. The van der Waals surface area contributed by atoms with E-state index in [4.69, 9.17) is 4.74 Å². The van der Waals surface area contributed by atoms with Crippen LogP contribution in [0.5, 0.6) is 0 Å². The highest BCUT2D eigenvalue weighted by Gasteiger charge is 2.46. The molecule has 0 N–H and O–H groups in total. The summed E-state index contributed by atoms with van der Waals surface area (Å²) in [4.78, 5) is 34.7. The lowest BCUT2D eigenvalue weighted by atomic mass is 9.81. The number of aryl methyl sites for hydroxylation is 1. The number of carbonyl (C=O) groups excluding carboxylic acids is 2. The molecule has 2 aromatic rings. The third-order valence-electron chi connectivity index (χ3n) is 7.26. The van der Waals surface area contributed by atoms with Crippen molar-refractivity contribution in [1.29, 1.82) is 0 Å². The maximum Gasteiger partial charge on any atom is 0.255 e. The molecule has 168 valence electrons. The Labute approximate surface area is 189 Å². The van der Waals surface area contributed by atoms with Crippen LogP contribution in [0.1, 0.15) is 64.9 Å². The molecule has 3 heterocycles. The highest BCUT2D eigenvalue weighted by Crippen LogP contribution is 2.40. The quantitative estimate of drug-likeness (QED) is 0.735. The smallest absolute Gasteiger partial charge is 0.255 e. The van der Waals surface area contributed by atoms with Crippen LogP contribution in [0.25, 0.3) is 0 Å². The molecular weight excluding hydrogens is 402 g/mol. The monoisotopic (exact) mass is 433 g/mol. The molecular formula is C26H31N3O3. The van der Waals surface area contributed by atoms with Crippen LogP contribution in [0.4, 0.5) is 0 Å². The van der Waals surface area contributed by atoms with Gasteiger partial charge in [-0.25, -0.2) is 0 Å². The summed E-state index contributed by atoms with van der Waals surface area (Å²) in [6.45, 7) is 3.90. The number of nitrogens with zero attached hydrogens (tertiary/aromatic N) is 3. The van der Waals surface area contributed by atoms with Gasteiger partial charge in [-0.2, -0.15) is 0 Å². The Hall–Kier alpha value is -2.73. The van der Waals surface area contributed by atoms with Gasteiger partial charge in [0.1, 0.15) is 0 Å². The number of carbonyl (C=O) groups is 2. The predicted octanol–water partition coefficient (Wildman–Crippen LogP) is 3.85. The van der Waals surface area contributed by atoms with E-state index in [1.54, 1.807) is 6.20 Å². The van der Waals surface area contributed by atoms with Crippen molar-refractivity contribution in [3.63, 3.8) is 0 Å². The van der Waals surface area contributed by atoms with Crippen molar-refractivity contribution in [3.8, 4) is 0 Å². The standard InChI is InChI=1S/C26H31N3O3/c1-19-23(8-5-14-27-19)25(31)28-15-12-26(13-16-28)18-22(11-17-32-26)29(21-9-10-21)24(30)20-6-3-2-4-7-20/h2-8,14,21-22H,9-13,15-18H2,1H3.